The molecule has 0 saturated carbocycles. The van der Waals surface area contributed by atoms with Crippen molar-refractivity contribution < 1.29 is 9.53 Å². The fourth-order valence-electron chi connectivity index (χ4n) is 2.08. The minimum atomic E-state index is -0.0240. The van der Waals surface area contributed by atoms with Gasteiger partial charge in [0.2, 0.25) is 0 Å². The highest BCUT2D eigenvalue weighted by atomic mass is 16.5. The highest BCUT2D eigenvalue weighted by Gasteiger charge is 2.02. The second kappa shape index (κ2) is 8.03. The Labute approximate surface area is 131 Å². The number of ether oxygens (including phenoxy) is 1. The Kier molecular flexibility index (Phi) is 5.78. The van der Waals surface area contributed by atoms with Crippen molar-refractivity contribution in [3.63, 3.8) is 0 Å². The zero-order valence-corrected chi connectivity index (χ0v) is 13.0. The van der Waals surface area contributed by atoms with Gasteiger partial charge >= 0.3 is 0 Å². The monoisotopic (exact) mass is 295 g/mol. The van der Waals surface area contributed by atoms with Crippen molar-refractivity contribution in [2.75, 3.05) is 11.9 Å². The Balaban J connectivity index is 2.01. The van der Waals surface area contributed by atoms with Crippen molar-refractivity contribution in [1.82, 2.24) is 0 Å². The van der Waals surface area contributed by atoms with Crippen molar-refractivity contribution in [1.29, 1.82) is 0 Å². The third-order valence-corrected chi connectivity index (χ3v) is 3.31. The average Bonchev–Trinajstić information content (AvgIpc) is 2.56. The minimum Gasteiger partial charge on any atom is -0.492 e. The Bertz CT molecular complexity index is 645. The van der Waals surface area contributed by atoms with Crippen LogP contribution in [-0.4, -0.2) is 12.4 Å². The molecule has 0 aliphatic heterocycles. The quantitative estimate of drug-likeness (QED) is 0.605. The summed E-state index contributed by atoms with van der Waals surface area (Å²) in [5.74, 6) is 0.749. The second-order valence-electron chi connectivity index (χ2n) is 4.82. The van der Waals surface area contributed by atoms with E-state index in [0.717, 1.165) is 17.9 Å². The van der Waals surface area contributed by atoms with Crippen molar-refractivity contribution in [2.24, 2.45) is 0 Å². The number of rotatable bonds is 7. The van der Waals surface area contributed by atoms with E-state index >= 15 is 0 Å². The van der Waals surface area contributed by atoms with Gasteiger partial charge in [0.05, 0.1) is 12.3 Å². The van der Waals surface area contributed by atoms with Crippen LogP contribution in [0, 0.1) is 0 Å². The summed E-state index contributed by atoms with van der Waals surface area (Å²) in [5.41, 5.74) is 2.76. The summed E-state index contributed by atoms with van der Waals surface area (Å²) < 4.78 is 5.52. The highest BCUT2D eigenvalue weighted by Crippen LogP contribution is 2.23. The van der Waals surface area contributed by atoms with Crippen molar-refractivity contribution in [3.8, 4) is 5.75 Å². The van der Waals surface area contributed by atoms with Gasteiger partial charge in [-0.15, -0.1) is 0 Å². The third-order valence-electron chi connectivity index (χ3n) is 3.31. The van der Waals surface area contributed by atoms with Gasteiger partial charge in [0.1, 0.15) is 5.75 Å². The van der Waals surface area contributed by atoms with E-state index in [0.29, 0.717) is 12.2 Å². The maximum Gasteiger partial charge on any atom is 0.187 e. The molecule has 0 aliphatic carbocycles. The van der Waals surface area contributed by atoms with Gasteiger partial charge in [-0.2, -0.15) is 0 Å². The molecule has 0 heterocycles. The Hall–Kier alpha value is -2.55. The van der Waals surface area contributed by atoms with Crippen molar-refractivity contribution >= 4 is 11.5 Å². The SMILES string of the molecule is CCOc1ccccc1N/C=C/C(=O)c1ccc(CC)cc1. The number of nitrogens with one attached hydrogen (secondary N) is 1. The molecule has 0 radical (unpaired) electrons. The summed E-state index contributed by atoms with van der Waals surface area (Å²) in [4.78, 5) is 12.1. The summed E-state index contributed by atoms with van der Waals surface area (Å²) in [7, 11) is 0. The number of allylic oxidation sites excluding steroid dienone is 1. The number of benzene rings is 2. The van der Waals surface area contributed by atoms with Gasteiger partial charge in [0, 0.05) is 17.8 Å². The Morgan fingerprint density at radius 1 is 1.09 bits per heavy atom. The molecule has 0 saturated heterocycles. The molecule has 0 atom stereocenters. The van der Waals surface area contributed by atoms with Crippen LogP contribution in [0.2, 0.25) is 0 Å². The standard InChI is InChI=1S/C19H21NO2/c1-3-15-9-11-16(12-10-15)18(21)13-14-20-17-7-5-6-8-19(17)22-4-2/h5-14,20H,3-4H2,1-2H3/b14-13+. The molecule has 2 aromatic rings. The maximum atomic E-state index is 12.1. The lowest BCUT2D eigenvalue weighted by molar-refractivity contribution is 0.104. The van der Waals surface area contributed by atoms with Crippen LogP contribution in [0.4, 0.5) is 5.69 Å². The first-order valence-corrected chi connectivity index (χ1v) is 7.52. The maximum absolute atomic E-state index is 12.1. The van der Waals surface area contributed by atoms with E-state index in [4.69, 9.17) is 4.74 Å². The molecular weight excluding hydrogens is 274 g/mol. The number of carbonyl (C=O) groups excluding carboxylic acids is 1. The summed E-state index contributed by atoms with van der Waals surface area (Å²) in [6.45, 7) is 4.64. The summed E-state index contributed by atoms with van der Waals surface area (Å²) in [6.07, 6.45) is 4.15. The first kappa shape index (κ1) is 15.8. The molecule has 0 fully saturated rings. The van der Waals surface area contributed by atoms with Gasteiger partial charge < -0.3 is 10.1 Å². The van der Waals surface area contributed by atoms with Crippen LogP contribution >= 0.6 is 0 Å². The molecule has 0 unspecified atom stereocenters. The summed E-state index contributed by atoms with van der Waals surface area (Å²) >= 11 is 0. The number of para-hydroxylation sites is 2. The molecule has 22 heavy (non-hydrogen) atoms. The molecule has 3 nitrogen and oxygen atoms in total. The average molecular weight is 295 g/mol. The molecule has 1 N–H and O–H groups in total. The Morgan fingerprint density at radius 2 is 1.82 bits per heavy atom. The van der Waals surface area contributed by atoms with E-state index in [1.807, 2.05) is 55.5 Å². The predicted octanol–water partition coefficient (Wildman–Crippen LogP) is 4.46. The number of hydrogen-bond donors (Lipinski definition) is 1. The first-order valence-electron chi connectivity index (χ1n) is 7.52. The van der Waals surface area contributed by atoms with Gasteiger partial charge in [0.25, 0.3) is 0 Å². The lowest BCUT2D eigenvalue weighted by Gasteiger charge is -2.09. The van der Waals surface area contributed by atoms with Crippen molar-refractivity contribution in [2.45, 2.75) is 20.3 Å². The normalized spacial score (nSPS) is 10.6. The van der Waals surface area contributed by atoms with Crippen LogP contribution in [0.15, 0.2) is 60.8 Å². The zero-order chi connectivity index (χ0) is 15.8. The van der Waals surface area contributed by atoms with Crippen LogP contribution in [0.3, 0.4) is 0 Å². The van der Waals surface area contributed by atoms with Crippen LogP contribution < -0.4 is 10.1 Å². The lowest BCUT2D eigenvalue weighted by Crippen LogP contribution is -1.99. The van der Waals surface area contributed by atoms with Crippen LogP contribution in [0.5, 0.6) is 5.75 Å². The molecule has 0 aliphatic rings. The van der Waals surface area contributed by atoms with E-state index in [1.54, 1.807) is 6.20 Å². The fraction of sp³-hybridized carbons (Fsp3) is 0.211. The molecule has 0 aromatic heterocycles. The fourth-order valence-corrected chi connectivity index (χ4v) is 2.08. The predicted molar refractivity (Wildman–Crippen MR) is 90.5 cm³/mol. The molecule has 2 aromatic carbocycles. The van der Waals surface area contributed by atoms with E-state index < -0.39 is 0 Å². The topological polar surface area (TPSA) is 38.3 Å². The second-order valence-corrected chi connectivity index (χ2v) is 4.82. The molecule has 0 bridgehead atoms. The van der Waals surface area contributed by atoms with Crippen LogP contribution in [0.1, 0.15) is 29.8 Å². The van der Waals surface area contributed by atoms with Gasteiger partial charge in [-0.25, -0.2) is 0 Å². The van der Waals surface area contributed by atoms with E-state index in [2.05, 4.69) is 12.2 Å². The van der Waals surface area contributed by atoms with Crippen LogP contribution in [0.25, 0.3) is 0 Å². The third kappa shape index (κ3) is 4.22. The van der Waals surface area contributed by atoms with Gasteiger partial charge in [-0.05, 0) is 31.0 Å². The van der Waals surface area contributed by atoms with E-state index in [1.165, 1.54) is 11.6 Å². The summed E-state index contributed by atoms with van der Waals surface area (Å²) in [5, 5.41) is 3.09. The number of hydrogen-bond acceptors (Lipinski definition) is 3. The molecule has 114 valence electrons. The van der Waals surface area contributed by atoms with Gasteiger partial charge in [0.15, 0.2) is 5.78 Å². The largest absolute Gasteiger partial charge is 0.492 e. The first-order chi connectivity index (χ1) is 10.7. The molecular formula is C19H21NO2. The Morgan fingerprint density at radius 3 is 2.50 bits per heavy atom. The smallest absolute Gasteiger partial charge is 0.187 e. The molecule has 0 amide bonds. The zero-order valence-electron chi connectivity index (χ0n) is 13.0. The molecule has 2 rings (SSSR count). The minimum absolute atomic E-state index is 0.0240. The molecule has 3 heteroatoms. The van der Waals surface area contributed by atoms with E-state index in [9.17, 15) is 4.79 Å². The van der Waals surface area contributed by atoms with Gasteiger partial charge in [-0.3, -0.25) is 4.79 Å². The lowest BCUT2D eigenvalue weighted by atomic mass is 10.1. The van der Waals surface area contributed by atoms with E-state index in [-0.39, 0.29) is 5.78 Å². The van der Waals surface area contributed by atoms with Gasteiger partial charge in [-0.1, -0.05) is 43.3 Å². The number of ketones is 1. The number of aryl methyl sites for hydroxylation is 1. The number of anilines is 1. The summed E-state index contributed by atoms with van der Waals surface area (Å²) in [6, 6.07) is 15.3. The van der Waals surface area contributed by atoms with Crippen LogP contribution in [-0.2, 0) is 6.42 Å². The highest BCUT2D eigenvalue weighted by molar-refractivity contribution is 6.04. The number of carbonyl (C=O) groups is 1. The van der Waals surface area contributed by atoms with Crippen molar-refractivity contribution in [3.05, 3.63) is 71.9 Å². The molecule has 0 spiro atoms.